The summed E-state index contributed by atoms with van der Waals surface area (Å²) in [5.74, 6) is -0.0644. The first-order valence-electron chi connectivity index (χ1n) is 10.5. The first-order valence-corrected chi connectivity index (χ1v) is 10.5. The van der Waals surface area contributed by atoms with E-state index in [2.05, 4.69) is 59.0 Å². The number of amides is 1. The fourth-order valence-electron chi connectivity index (χ4n) is 4.04. The highest BCUT2D eigenvalue weighted by molar-refractivity contribution is 6.08. The predicted octanol–water partition coefficient (Wildman–Crippen LogP) is 5.77. The van der Waals surface area contributed by atoms with E-state index in [1.165, 1.54) is 16.7 Å². The molecule has 0 aliphatic rings. The van der Waals surface area contributed by atoms with E-state index in [1.807, 2.05) is 43.6 Å². The van der Waals surface area contributed by atoms with E-state index in [9.17, 15) is 4.79 Å². The molecule has 0 atom stereocenters. The molecule has 0 bridgehead atoms. The highest BCUT2D eigenvalue weighted by Crippen LogP contribution is 2.28. The Kier molecular flexibility index (Phi) is 5.66. The van der Waals surface area contributed by atoms with Gasteiger partial charge in [0.1, 0.15) is 5.69 Å². The van der Waals surface area contributed by atoms with E-state index in [1.54, 1.807) is 0 Å². The van der Waals surface area contributed by atoms with Gasteiger partial charge in [0.15, 0.2) is 0 Å². The third kappa shape index (κ3) is 3.86. The van der Waals surface area contributed by atoms with Crippen molar-refractivity contribution >= 4 is 22.5 Å². The smallest absolute Gasteiger partial charge is 0.272 e. The number of aryl methyl sites for hydroxylation is 3. The fourth-order valence-corrected chi connectivity index (χ4v) is 4.04. The molecule has 2 aromatic heterocycles. The van der Waals surface area contributed by atoms with Gasteiger partial charge in [-0.2, -0.15) is 0 Å². The predicted molar refractivity (Wildman–Crippen MR) is 123 cm³/mol. The number of hydrogen-bond donors (Lipinski definition) is 1. The van der Waals surface area contributed by atoms with Crippen LogP contribution in [0.2, 0.25) is 0 Å². The number of carbonyl (C=O) groups excluding carboxylic acids is 1. The van der Waals surface area contributed by atoms with Crippen molar-refractivity contribution in [2.45, 2.75) is 40.2 Å². The number of nitrogens with one attached hydrogen (secondary N) is 1. The van der Waals surface area contributed by atoms with Crippen molar-refractivity contribution in [2.75, 3.05) is 5.32 Å². The molecule has 0 fully saturated rings. The molecule has 4 aromatic rings. The van der Waals surface area contributed by atoms with Crippen molar-refractivity contribution in [1.82, 2.24) is 9.55 Å². The van der Waals surface area contributed by atoms with Crippen molar-refractivity contribution in [2.24, 2.45) is 0 Å². The lowest BCUT2D eigenvalue weighted by Crippen LogP contribution is -2.17. The molecule has 30 heavy (non-hydrogen) atoms. The van der Waals surface area contributed by atoms with Crippen LogP contribution in [0.15, 0.2) is 67.0 Å². The highest BCUT2D eigenvalue weighted by Gasteiger charge is 2.20. The fraction of sp³-hybridized carbons (Fsp3) is 0.231. The maximum Gasteiger partial charge on any atom is 0.272 e. The summed E-state index contributed by atoms with van der Waals surface area (Å²) in [6, 6.07) is 18.6. The molecule has 0 spiro atoms. The molecule has 0 saturated carbocycles. The van der Waals surface area contributed by atoms with Gasteiger partial charge < -0.3 is 9.88 Å². The molecule has 0 unspecified atom stereocenters. The molecule has 0 aliphatic carbocycles. The van der Waals surface area contributed by atoms with Gasteiger partial charge in [0, 0.05) is 35.5 Å². The van der Waals surface area contributed by atoms with Gasteiger partial charge >= 0.3 is 0 Å². The number of aromatic nitrogens is 2. The van der Waals surface area contributed by atoms with Gasteiger partial charge in [-0.3, -0.25) is 9.78 Å². The monoisotopic (exact) mass is 397 g/mol. The van der Waals surface area contributed by atoms with Crippen LogP contribution in [0.25, 0.3) is 10.9 Å². The molecule has 4 rings (SSSR count). The van der Waals surface area contributed by atoms with Crippen LogP contribution in [0.4, 0.5) is 5.69 Å². The molecule has 0 radical (unpaired) electrons. The summed E-state index contributed by atoms with van der Waals surface area (Å²) in [7, 11) is 0. The summed E-state index contributed by atoms with van der Waals surface area (Å²) >= 11 is 0. The Hall–Kier alpha value is -3.40. The van der Waals surface area contributed by atoms with E-state index in [-0.39, 0.29) is 5.91 Å². The van der Waals surface area contributed by atoms with Crippen molar-refractivity contribution in [3.8, 4) is 0 Å². The molecular weight excluding hydrogens is 370 g/mol. The molecule has 2 heterocycles. The normalized spacial score (nSPS) is 11.0. The number of hydrogen-bond acceptors (Lipinski definition) is 2. The zero-order valence-electron chi connectivity index (χ0n) is 17.8. The Labute approximate surface area is 177 Å². The lowest BCUT2D eigenvalue weighted by Gasteiger charge is -2.11. The summed E-state index contributed by atoms with van der Waals surface area (Å²) in [5, 5.41) is 4.25. The van der Waals surface area contributed by atoms with Gasteiger partial charge in [0.2, 0.25) is 0 Å². The van der Waals surface area contributed by atoms with Gasteiger partial charge in [-0.25, -0.2) is 0 Å². The Balaban J connectivity index is 1.58. The first kappa shape index (κ1) is 19.9. The van der Waals surface area contributed by atoms with Crippen LogP contribution < -0.4 is 5.32 Å². The maximum atomic E-state index is 13.2. The molecule has 152 valence electrons. The topological polar surface area (TPSA) is 46.9 Å². The van der Waals surface area contributed by atoms with Crippen LogP contribution >= 0.6 is 0 Å². The summed E-state index contributed by atoms with van der Waals surface area (Å²) in [6.45, 7) is 7.03. The summed E-state index contributed by atoms with van der Waals surface area (Å²) < 4.78 is 2.11. The van der Waals surface area contributed by atoms with Crippen molar-refractivity contribution < 1.29 is 4.79 Å². The standard InChI is InChI=1S/C26H27N3O/c1-4-19-8-11-24-23(17-19)18(3)25(29(24)5-2)26(30)28-22-9-6-20(7-10-22)16-21-12-14-27-15-13-21/h6-15,17H,4-5,16H2,1-3H3,(H,28,30). The summed E-state index contributed by atoms with van der Waals surface area (Å²) in [5.41, 5.74) is 7.40. The van der Waals surface area contributed by atoms with Gasteiger partial charge in [0.25, 0.3) is 5.91 Å². The van der Waals surface area contributed by atoms with Gasteiger partial charge in [-0.15, -0.1) is 0 Å². The summed E-state index contributed by atoms with van der Waals surface area (Å²) in [4.78, 5) is 17.2. The second-order valence-corrected chi connectivity index (χ2v) is 7.61. The Bertz CT molecular complexity index is 1170. The number of benzene rings is 2. The molecule has 0 aliphatic heterocycles. The molecule has 2 aromatic carbocycles. The summed E-state index contributed by atoms with van der Waals surface area (Å²) in [6.07, 6.45) is 5.45. The minimum Gasteiger partial charge on any atom is -0.337 e. The molecule has 1 N–H and O–H groups in total. The van der Waals surface area contributed by atoms with Gasteiger partial charge in [0.05, 0.1) is 0 Å². The van der Waals surface area contributed by atoms with Crippen molar-refractivity contribution in [3.05, 3.63) is 94.9 Å². The average molecular weight is 398 g/mol. The molecular formula is C26H27N3O. The number of carbonyl (C=O) groups is 1. The largest absolute Gasteiger partial charge is 0.337 e. The molecule has 4 heteroatoms. The minimum atomic E-state index is -0.0644. The Morgan fingerprint density at radius 1 is 0.933 bits per heavy atom. The molecule has 1 amide bonds. The average Bonchev–Trinajstić information content (AvgIpc) is 3.07. The third-order valence-electron chi connectivity index (χ3n) is 5.69. The van der Waals surface area contributed by atoms with E-state index in [4.69, 9.17) is 0 Å². The van der Waals surface area contributed by atoms with Gasteiger partial charge in [-0.05, 0) is 85.3 Å². The van der Waals surface area contributed by atoms with Crippen LogP contribution in [0.3, 0.4) is 0 Å². The quantitative estimate of drug-likeness (QED) is 0.449. The number of rotatable bonds is 6. The number of anilines is 1. The Morgan fingerprint density at radius 2 is 1.60 bits per heavy atom. The molecule has 4 nitrogen and oxygen atoms in total. The van der Waals surface area contributed by atoms with Crippen LogP contribution in [0, 0.1) is 6.92 Å². The van der Waals surface area contributed by atoms with Gasteiger partial charge in [-0.1, -0.05) is 25.1 Å². The SMILES string of the molecule is CCc1ccc2c(c1)c(C)c(C(=O)Nc1ccc(Cc3ccncc3)cc1)n2CC. The van der Waals surface area contributed by atoms with Crippen LogP contribution in [0.5, 0.6) is 0 Å². The first-order chi connectivity index (χ1) is 14.6. The molecule has 0 saturated heterocycles. The third-order valence-corrected chi connectivity index (χ3v) is 5.69. The Morgan fingerprint density at radius 3 is 2.27 bits per heavy atom. The maximum absolute atomic E-state index is 13.2. The van der Waals surface area contributed by atoms with E-state index in [0.29, 0.717) is 0 Å². The van der Waals surface area contributed by atoms with Crippen molar-refractivity contribution in [3.63, 3.8) is 0 Å². The lowest BCUT2D eigenvalue weighted by atomic mass is 10.1. The van der Waals surface area contributed by atoms with Crippen LogP contribution in [-0.4, -0.2) is 15.5 Å². The van der Waals surface area contributed by atoms with Crippen molar-refractivity contribution in [1.29, 1.82) is 0 Å². The number of pyridine rings is 1. The minimum absolute atomic E-state index is 0.0644. The lowest BCUT2D eigenvalue weighted by molar-refractivity contribution is 0.101. The second kappa shape index (κ2) is 8.54. The number of nitrogens with zero attached hydrogens (tertiary/aromatic N) is 2. The van der Waals surface area contributed by atoms with E-state index in [0.717, 1.165) is 47.2 Å². The zero-order chi connectivity index (χ0) is 21.1. The van der Waals surface area contributed by atoms with E-state index < -0.39 is 0 Å². The zero-order valence-corrected chi connectivity index (χ0v) is 17.8. The van der Waals surface area contributed by atoms with Crippen LogP contribution in [-0.2, 0) is 19.4 Å². The van der Waals surface area contributed by atoms with E-state index >= 15 is 0 Å². The number of fused-ring (bicyclic) bond motifs is 1. The van der Waals surface area contributed by atoms with Crippen LogP contribution in [0.1, 0.15) is 46.6 Å². The highest BCUT2D eigenvalue weighted by atomic mass is 16.2. The second-order valence-electron chi connectivity index (χ2n) is 7.61.